The summed E-state index contributed by atoms with van der Waals surface area (Å²) in [5.74, 6) is 0.672. The van der Waals surface area contributed by atoms with Gasteiger partial charge >= 0.3 is 0 Å². The van der Waals surface area contributed by atoms with Gasteiger partial charge in [0.25, 0.3) is 0 Å². The Labute approximate surface area is 142 Å². The fraction of sp³-hybridized carbons (Fsp3) is 0.312. The van der Waals surface area contributed by atoms with Crippen molar-refractivity contribution in [3.63, 3.8) is 0 Å². The zero-order valence-electron chi connectivity index (χ0n) is 12.1. The van der Waals surface area contributed by atoms with Crippen LogP contribution in [0.1, 0.15) is 19.3 Å². The summed E-state index contributed by atoms with van der Waals surface area (Å²) in [6, 6.07) is 1.74. The zero-order valence-corrected chi connectivity index (χ0v) is 13.7. The van der Waals surface area contributed by atoms with Gasteiger partial charge in [-0.1, -0.05) is 23.2 Å². The van der Waals surface area contributed by atoms with Crippen LogP contribution in [0, 0.1) is 0 Å². The molecule has 1 aliphatic rings. The van der Waals surface area contributed by atoms with Crippen molar-refractivity contribution < 1.29 is 9.84 Å². The third-order valence-corrected chi connectivity index (χ3v) is 5.06. The Hall–Kier alpha value is -1.69. The fourth-order valence-electron chi connectivity index (χ4n) is 3.15. The summed E-state index contributed by atoms with van der Waals surface area (Å²) in [6.45, 7) is 0. The number of aliphatic hydroxyl groups excluding tert-OH is 1. The van der Waals surface area contributed by atoms with Gasteiger partial charge in [0.1, 0.15) is 11.9 Å². The molecule has 120 valence electrons. The minimum Gasteiger partial charge on any atom is -0.490 e. The summed E-state index contributed by atoms with van der Waals surface area (Å²) in [5.41, 5.74) is 2.62. The van der Waals surface area contributed by atoms with Crippen molar-refractivity contribution in [2.75, 3.05) is 0 Å². The SMILES string of the molecule is O[C@H]1CC[C@@H](Oc2cc(Cl)c(Cl)c3[nH]cc(-c4cn[nH]c4)c23)C1. The smallest absolute Gasteiger partial charge is 0.131 e. The van der Waals surface area contributed by atoms with E-state index in [-0.39, 0.29) is 12.2 Å². The van der Waals surface area contributed by atoms with Crippen LogP contribution in [0.3, 0.4) is 0 Å². The molecule has 2 heterocycles. The van der Waals surface area contributed by atoms with Gasteiger partial charge in [0, 0.05) is 36.0 Å². The first-order valence-electron chi connectivity index (χ1n) is 7.46. The number of hydrogen-bond acceptors (Lipinski definition) is 3. The van der Waals surface area contributed by atoms with Gasteiger partial charge < -0.3 is 14.8 Å². The van der Waals surface area contributed by atoms with Crippen molar-refractivity contribution in [2.45, 2.75) is 31.5 Å². The van der Waals surface area contributed by atoms with Crippen LogP contribution >= 0.6 is 23.2 Å². The van der Waals surface area contributed by atoms with Gasteiger partial charge in [-0.25, -0.2) is 0 Å². The number of aromatic nitrogens is 3. The Bertz CT molecular complexity index is 845. The molecule has 0 aliphatic heterocycles. The number of benzene rings is 1. The van der Waals surface area contributed by atoms with Gasteiger partial charge in [-0.15, -0.1) is 0 Å². The van der Waals surface area contributed by atoms with E-state index in [1.165, 1.54) is 0 Å². The van der Waals surface area contributed by atoms with Gasteiger partial charge in [-0.2, -0.15) is 5.10 Å². The second kappa shape index (κ2) is 5.74. The normalized spacial score (nSPS) is 21.2. The Balaban J connectivity index is 1.85. The van der Waals surface area contributed by atoms with E-state index in [2.05, 4.69) is 15.2 Å². The fourth-order valence-corrected chi connectivity index (χ4v) is 3.54. The molecule has 7 heteroatoms. The van der Waals surface area contributed by atoms with Crippen LogP contribution in [-0.2, 0) is 0 Å². The average Bonchev–Trinajstić information content (AvgIpc) is 3.24. The Morgan fingerprint density at radius 2 is 2.13 bits per heavy atom. The van der Waals surface area contributed by atoms with Crippen molar-refractivity contribution in [1.29, 1.82) is 0 Å². The van der Waals surface area contributed by atoms with Crippen molar-refractivity contribution in [1.82, 2.24) is 15.2 Å². The molecule has 0 amide bonds. The van der Waals surface area contributed by atoms with E-state index in [0.717, 1.165) is 34.9 Å². The van der Waals surface area contributed by atoms with E-state index in [1.807, 2.05) is 12.4 Å². The third-order valence-electron chi connectivity index (χ3n) is 4.27. The van der Waals surface area contributed by atoms with Crippen LogP contribution in [-0.4, -0.2) is 32.5 Å². The lowest BCUT2D eigenvalue weighted by Crippen LogP contribution is -2.13. The molecule has 2 atom stereocenters. The van der Waals surface area contributed by atoms with Gasteiger partial charge in [-0.05, 0) is 12.8 Å². The average molecular weight is 352 g/mol. The molecule has 4 rings (SSSR count). The molecule has 1 fully saturated rings. The number of halogens is 2. The third kappa shape index (κ3) is 2.59. The van der Waals surface area contributed by atoms with Gasteiger partial charge in [0.15, 0.2) is 0 Å². The van der Waals surface area contributed by atoms with E-state index in [1.54, 1.807) is 12.3 Å². The highest BCUT2D eigenvalue weighted by Crippen LogP contribution is 2.43. The second-order valence-corrected chi connectivity index (χ2v) is 6.60. The molecule has 1 saturated carbocycles. The second-order valence-electron chi connectivity index (χ2n) is 5.82. The molecule has 2 aromatic heterocycles. The number of aromatic amines is 2. The number of fused-ring (bicyclic) bond motifs is 1. The molecule has 1 aromatic carbocycles. The van der Waals surface area contributed by atoms with Crippen molar-refractivity contribution in [3.05, 3.63) is 34.7 Å². The van der Waals surface area contributed by atoms with Gasteiger partial charge in [0.05, 0.1) is 33.2 Å². The van der Waals surface area contributed by atoms with E-state index >= 15 is 0 Å². The summed E-state index contributed by atoms with van der Waals surface area (Å²) < 4.78 is 6.14. The minimum absolute atomic E-state index is 0.0162. The van der Waals surface area contributed by atoms with E-state index < -0.39 is 0 Å². The molecule has 3 N–H and O–H groups in total. The number of nitrogens with zero attached hydrogens (tertiary/aromatic N) is 1. The molecule has 3 aromatic rings. The first-order chi connectivity index (χ1) is 11.1. The summed E-state index contributed by atoms with van der Waals surface area (Å²) in [7, 11) is 0. The zero-order chi connectivity index (χ0) is 16.0. The summed E-state index contributed by atoms with van der Waals surface area (Å²) in [5, 5.41) is 18.3. The quantitative estimate of drug-likeness (QED) is 0.663. The maximum Gasteiger partial charge on any atom is 0.131 e. The number of rotatable bonds is 3. The van der Waals surface area contributed by atoms with Crippen LogP contribution in [0.5, 0.6) is 5.75 Å². The Morgan fingerprint density at radius 1 is 1.26 bits per heavy atom. The first kappa shape index (κ1) is 14.9. The summed E-state index contributed by atoms with van der Waals surface area (Å²) >= 11 is 12.6. The van der Waals surface area contributed by atoms with Gasteiger partial charge in [0.2, 0.25) is 0 Å². The molecule has 0 bridgehead atoms. The molecule has 0 spiro atoms. The molecule has 0 radical (unpaired) electrons. The topological polar surface area (TPSA) is 73.9 Å². The standard InChI is InChI=1S/C16H15Cl2N3O2/c17-12-4-13(23-10-2-1-9(22)3-10)14-11(8-5-20-21-6-8)7-19-16(14)15(12)18/h4-7,9-10,19,22H,1-3H2,(H,20,21)/t9-,10+/m0/s1. The molecule has 5 nitrogen and oxygen atoms in total. The lowest BCUT2D eigenvalue weighted by Gasteiger charge is -2.16. The first-order valence-corrected chi connectivity index (χ1v) is 8.22. The monoisotopic (exact) mass is 351 g/mol. The van der Waals surface area contributed by atoms with E-state index in [4.69, 9.17) is 27.9 Å². The van der Waals surface area contributed by atoms with Gasteiger partial charge in [-0.3, -0.25) is 5.10 Å². The summed E-state index contributed by atoms with van der Waals surface area (Å²) in [6.07, 6.45) is 7.34. The molecule has 0 unspecified atom stereocenters. The van der Waals surface area contributed by atoms with E-state index in [0.29, 0.717) is 22.2 Å². The number of ether oxygens (including phenoxy) is 1. The predicted octanol–water partition coefficient (Wildman–Crippen LogP) is 4.16. The molecular weight excluding hydrogens is 337 g/mol. The highest BCUT2D eigenvalue weighted by molar-refractivity contribution is 6.45. The molecule has 1 aliphatic carbocycles. The maximum atomic E-state index is 9.71. The van der Waals surface area contributed by atoms with Crippen molar-refractivity contribution >= 4 is 34.1 Å². The number of H-pyrrole nitrogens is 2. The predicted molar refractivity (Wildman–Crippen MR) is 90.2 cm³/mol. The minimum atomic E-state index is -0.294. The van der Waals surface area contributed by atoms with Crippen LogP contribution < -0.4 is 4.74 Å². The molecule has 23 heavy (non-hydrogen) atoms. The highest BCUT2D eigenvalue weighted by atomic mass is 35.5. The van der Waals surface area contributed by atoms with Crippen LogP contribution in [0.4, 0.5) is 0 Å². The Kier molecular flexibility index (Phi) is 3.71. The largest absolute Gasteiger partial charge is 0.490 e. The highest BCUT2D eigenvalue weighted by Gasteiger charge is 2.26. The lowest BCUT2D eigenvalue weighted by atomic mass is 10.1. The van der Waals surface area contributed by atoms with E-state index in [9.17, 15) is 5.11 Å². The van der Waals surface area contributed by atoms with Crippen LogP contribution in [0.25, 0.3) is 22.0 Å². The molecule has 0 saturated heterocycles. The summed E-state index contributed by atoms with van der Waals surface area (Å²) in [4.78, 5) is 3.17. The number of hydrogen-bond donors (Lipinski definition) is 3. The molecular formula is C16H15Cl2N3O2. The van der Waals surface area contributed by atoms with Crippen LogP contribution in [0.15, 0.2) is 24.7 Å². The number of nitrogens with one attached hydrogen (secondary N) is 2. The maximum absolute atomic E-state index is 9.71. The lowest BCUT2D eigenvalue weighted by molar-refractivity contribution is 0.150. The number of aliphatic hydroxyl groups is 1. The van der Waals surface area contributed by atoms with Crippen LogP contribution in [0.2, 0.25) is 10.0 Å². The van der Waals surface area contributed by atoms with Crippen molar-refractivity contribution in [3.8, 4) is 16.9 Å². The van der Waals surface area contributed by atoms with Crippen molar-refractivity contribution in [2.24, 2.45) is 0 Å². The Morgan fingerprint density at radius 3 is 2.83 bits per heavy atom.